The lowest BCUT2D eigenvalue weighted by molar-refractivity contribution is -0.113. The molecule has 1 N–H and O–H groups in total. The summed E-state index contributed by atoms with van der Waals surface area (Å²) in [7, 11) is 0. The summed E-state index contributed by atoms with van der Waals surface area (Å²) < 4.78 is 5.26. The number of furan rings is 1. The van der Waals surface area contributed by atoms with E-state index in [1.165, 1.54) is 11.8 Å². The van der Waals surface area contributed by atoms with Crippen molar-refractivity contribution >= 4 is 35.0 Å². The second kappa shape index (κ2) is 7.51. The third kappa shape index (κ3) is 3.96. The highest BCUT2D eigenvalue weighted by Crippen LogP contribution is 2.24. The van der Waals surface area contributed by atoms with Gasteiger partial charge in [-0.25, -0.2) is 0 Å². The van der Waals surface area contributed by atoms with E-state index < -0.39 is 0 Å². The van der Waals surface area contributed by atoms with Crippen molar-refractivity contribution in [1.29, 1.82) is 0 Å². The monoisotopic (exact) mass is 359 g/mol. The topological polar surface area (TPSA) is 68.0 Å². The average Bonchev–Trinajstić information content (AvgIpc) is 3.12. The van der Waals surface area contributed by atoms with Crippen LogP contribution in [0.4, 0.5) is 5.69 Å². The lowest BCUT2D eigenvalue weighted by Crippen LogP contribution is -2.15. The first-order valence-electron chi connectivity index (χ1n) is 7.19. The number of carbonyl (C=O) groups excluding carboxylic acids is 1. The average molecular weight is 360 g/mol. The molecule has 0 saturated carbocycles. The Labute approximate surface area is 148 Å². The lowest BCUT2D eigenvalue weighted by atomic mass is 10.2. The van der Waals surface area contributed by atoms with Crippen molar-refractivity contribution in [3.63, 3.8) is 0 Å². The van der Waals surface area contributed by atoms with Crippen molar-refractivity contribution in [3.8, 4) is 11.5 Å². The molecule has 7 heteroatoms. The SMILES string of the molecule is Cc1c(Cl)cccc1NC(=O)CSc1ccc(-c2ccco2)nn1. The van der Waals surface area contributed by atoms with E-state index >= 15 is 0 Å². The minimum absolute atomic E-state index is 0.123. The molecule has 1 amide bonds. The number of thioether (sulfide) groups is 1. The van der Waals surface area contributed by atoms with Crippen LogP contribution in [0.1, 0.15) is 5.56 Å². The molecule has 0 radical (unpaired) electrons. The fraction of sp³-hybridized carbons (Fsp3) is 0.118. The Kier molecular flexibility index (Phi) is 5.17. The number of carbonyl (C=O) groups is 1. The molecule has 122 valence electrons. The Bertz CT molecular complexity index is 836. The van der Waals surface area contributed by atoms with Crippen LogP contribution in [0.25, 0.3) is 11.5 Å². The highest BCUT2D eigenvalue weighted by Gasteiger charge is 2.09. The zero-order valence-electron chi connectivity index (χ0n) is 12.8. The van der Waals surface area contributed by atoms with Gasteiger partial charge >= 0.3 is 0 Å². The third-order valence-electron chi connectivity index (χ3n) is 3.31. The predicted molar refractivity (Wildman–Crippen MR) is 95.3 cm³/mol. The summed E-state index contributed by atoms with van der Waals surface area (Å²) in [5, 5.41) is 12.3. The van der Waals surface area contributed by atoms with Gasteiger partial charge in [-0.2, -0.15) is 0 Å². The van der Waals surface area contributed by atoms with Gasteiger partial charge in [0.25, 0.3) is 0 Å². The zero-order chi connectivity index (χ0) is 16.9. The van der Waals surface area contributed by atoms with E-state index in [1.54, 1.807) is 24.5 Å². The van der Waals surface area contributed by atoms with Crippen LogP contribution in [0.5, 0.6) is 0 Å². The van der Waals surface area contributed by atoms with Gasteiger partial charge in [0.15, 0.2) is 5.76 Å². The molecule has 0 aliphatic carbocycles. The van der Waals surface area contributed by atoms with Crippen LogP contribution >= 0.6 is 23.4 Å². The number of rotatable bonds is 5. The Morgan fingerprint density at radius 3 is 2.79 bits per heavy atom. The summed E-state index contributed by atoms with van der Waals surface area (Å²) >= 11 is 7.36. The molecular weight excluding hydrogens is 346 g/mol. The standard InChI is InChI=1S/C17H14ClN3O2S/c1-11-12(18)4-2-5-13(11)19-16(22)10-24-17-8-7-14(20-21-17)15-6-3-9-23-15/h2-9H,10H2,1H3,(H,19,22). The van der Waals surface area contributed by atoms with Crippen LogP contribution in [-0.2, 0) is 4.79 Å². The second-order valence-corrected chi connectivity index (χ2v) is 6.39. The molecule has 0 aliphatic rings. The lowest BCUT2D eigenvalue weighted by Gasteiger charge is -2.09. The Balaban J connectivity index is 1.57. The number of aromatic nitrogens is 2. The number of hydrogen-bond acceptors (Lipinski definition) is 5. The van der Waals surface area contributed by atoms with Gasteiger partial charge in [0, 0.05) is 10.7 Å². The van der Waals surface area contributed by atoms with Crippen LogP contribution in [-0.4, -0.2) is 21.9 Å². The summed E-state index contributed by atoms with van der Waals surface area (Å²) in [6, 6.07) is 12.6. The van der Waals surface area contributed by atoms with Gasteiger partial charge in [0.2, 0.25) is 5.91 Å². The summed E-state index contributed by atoms with van der Waals surface area (Å²) in [6.07, 6.45) is 1.59. The predicted octanol–water partition coefficient (Wildman–Crippen LogP) is 4.43. The zero-order valence-corrected chi connectivity index (χ0v) is 14.4. The van der Waals surface area contributed by atoms with E-state index in [4.69, 9.17) is 16.0 Å². The van der Waals surface area contributed by atoms with Gasteiger partial charge in [-0.15, -0.1) is 10.2 Å². The third-order valence-corrected chi connectivity index (χ3v) is 4.64. The first-order valence-corrected chi connectivity index (χ1v) is 8.55. The normalized spacial score (nSPS) is 10.6. The van der Waals surface area contributed by atoms with Crippen molar-refractivity contribution in [3.05, 3.63) is 59.3 Å². The molecule has 3 rings (SSSR count). The van der Waals surface area contributed by atoms with Gasteiger partial charge in [0.05, 0.1) is 12.0 Å². The molecule has 0 unspecified atom stereocenters. The number of halogens is 1. The molecule has 0 spiro atoms. The summed E-state index contributed by atoms with van der Waals surface area (Å²) in [5.74, 6) is 0.774. The number of amides is 1. The number of nitrogens with zero attached hydrogens (tertiary/aromatic N) is 2. The smallest absolute Gasteiger partial charge is 0.234 e. The molecule has 0 saturated heterocycles. The first kappa shape index (κ1) is 16.5. The van der Waals surface area contributed by atoms with Crippen LogP contribution in [0.15, 0.2) is 58.2 Å². The van der Waals surface area contributed by atoms with Crippen molar-refractivity contribution in [2.24, 2.45) is 0 Å². The molecule has 0 atom stereocenters. The Hall–Kier alpha value is -2.31. The molecule has 24 heavy (non-hydrogen) atoms. The molecule has 5 nitrogen and oxygen atoms in total. The summed E-state index contributed by atoms with van der Waals surface area (Å²) in [6.45, 7) is 1.87. The molecule has 0 aliphatic heterocycles. The van der Waals surface area contributed by atoms with Gasteiger partial charge in [0.1, 0.15) is 10.7 Å². The van der Waals surface area contributed by atoms with E-state index in [0.717, 1.165) is 5.56 Å². The van der Waals surface area contributed by atoms with E-state index in [1.807, 2.05) is 31.2 Å². The number of nitrogens with one attached hydrogen (secondary N) is 1. The molecule has 0 fully saturated rings. The molecular formula is C17H14ClN3O2S. The molecule has 1 aromatic carbocycles. The second-order valence-electron chi connectivity index (χ2n) is 4.98. The molecule has 3 aromatic rings. The maximum absolute atomic E-state index is 12.1. The number of hydrogen-bond donors (Lipinski definition) is 1. The van der Waals surface area contributed by atoms with Crippen molar-refractivity contribution in [2.45, 2.75) is 11.9 Å². The maximum Gasteiger partial charge on any atom is 0.234 e. The molecule has 0 bridgehead atoms. The maximum atomic E-state index is 12.1. The van der Waals surface area contributed by atoms with Gasteiger partial charge in [-0.3, -0.25) is 4.79 Å². The van der Waals surface area contributed by atoms with Crippen molar-refractivity contribution in [2.75, 3.05) is 11.1 Å². The highest BCUT2D eigenvalue weighted by atomic mass is 35.5. The Morgan fingerprint density at radius 2 is 2.08 bits per heavy atom. The van der Waals surface area contributed by atoms with Crippen molar-refractivity contribution in [1.82, 2.24) is 10.2 Å². The quantitative estimate of drug-likeness (QED) is 0.682. The molecule has 2 aromatic heterocycles. The fourth-order valence-electron chi connectivity index (χ4n) is 2.02. The minimum Gasteiger partial charge on any atom is -0.463 e. The molecule has 2 heterocycles. The minimum atomic E-state index is -0.123. The highest BCUT2D eigenvalue weighted by molar-refractivity contribution is 7.99. The fourth-order valence-corrected chi connectivity index (χ4v) is 2.81. The first-order chi connectivity index (χ1) is 11.6. The van der Waals surface area contributed by atoms with Gasteiger partial charge in [-0.05, 0) is 48.9 Å². The van der Waals surface area contributed by atoms with Crippen LogP contribution in [0.2, 0.25) is 5.02 Å². The van der Waals surface area contributed by atoms with Gasteiger partial charge < -0.3 is 9.73 Å². The van der Waals surface area contributed by atoms with Crippen LogP contribution in [0, 0.1) is 6.92 Å². The Morgan fingerprint density at radius 1 is 1.21 bits per heavy atom. The van der Waals surface area contributed by atoms with E-state index in [-0.39, 0.29) is 11.7 Å². The van der Waals surface area contributed by atoms with E-state index in [0.29, 0.717) is 27.2 Å². The summed E-state index contributed by atoms with van der Waals surface area (Å²) in [5.41, 5.74) is 2.22. The number of benzene rings is 1. The van der Waals surface area contributed by atoms with Crippen LogP contribution in [0.3, 0.4) is 0 Å². The summed E-state index contributed by atoms with van der Waals surface area (Å²) in [4.78, 5) is 12.1. The van der Waals surface area contributed by atoms with Crippen molar-refractivity contribution < 1.29 is 9.21 Å². The van der Waals surface area contributed by atoms with E-state index in [9.17, 15) is 4.79 Å². The number of anilines is 1. The van der Waals surface area contributed by atoms with Crippen LogP contribution < -0.4 is 5.32 Å². The van der Waals surface area contributed by atoms with E-state index in [2.05, 4.69) is 15.5 Å². The largest absolute Gasteiger partial charge is 0.463 e. The van der Waals surface area contributed by atoms with Gasteiger partial charge in [-0.1, -0.05) is 29.4 Å².